The Kier molecular flexibility index (Phi) is 2.80. The van der Waals surface area contributed by atoms with Crippen molar-refractivity contribution >= 4 is 22.5 Å². The Labute approximate surface area is 130 Å². The van der Waals surface area contributed by atoms with Crippen LogP contribution in [0.15, 0.2) is 48.5 Å². The Morgan fingerprint density at radius 1 is 1.00 bits per heavy atom. The first-order valence-corrected chi connectivity index (χ1v) is 7.00. The number of nitro benzene ring substituents is 1. The summed E-state index contributed by atoms with van der Waals surface area (Å²) in [6, 6.07) is 13.9. The van der Waals surface area contributed by atoms with E-state index in [2.05, 4.69) is 15.0 Å². The van der Waals surface area contributed by atoms with Crippen molar-refractivity contribution in [1.29, 1.82) is 0 Å². The van der Waals surface area contributed by atoms with E-state index in [9.17, 15) is 10.1 Å². The third kappa shape index (κ3) is 2.10. The van der Waals surface area contributed by atoms with Gasteiger partial charge in [-0.2, -0.15) is 4.98 Å². The molecule has 0 aliphatic heterocycles. The van der Waals surface area contributed by atoms with Gasteiger partial charge in [0.05, 0.1) is 16.0 Å². The molecule has 0 bridgehead atoms. The highest BCUT2D eigenvalue weighted by Gasteiger charge is 2.12. The fraction of sp³-hybridized carbons (Fsp3) is 0.0625. The molecule has 0 unspecified atom stereocenters. The normalized spacial score (nSPS) is 11.2. The van der Waals surface area contributed by atoms with E-state index in [1.165, 1.54) is 12.1 Å². The molecule has 0 amide bonds. The molecule has 2 aromatic carbocycles. The number of aromatic nitrogens is 4. The Hall–Kier alpha value is -3.35. The molecular formula is C16H11N5O2. The lowest BCUT2D eigenvalue weighted by Crippen LogP contribution is -2.01. The Morgan fingerprint density at radius 3 is 2.48 bits per heavy atom. The van der Waals surface area contributed by atoms with E-state index in [4.69, 9.17) is 0 Å². The number of rotatable bonds is 2. The van der Waals surface area contributed by atoms with E-state index >= 15 is 0 Å². The molecule has 23 heavy (non-hydrogen) atoms. The summed E-state index contributed by atoms with van der Waals surface area (Å²) in [7, 11) is 0. The van der Waals surface area contributed by atoms with Crippen molar-refractivity contribution < 1.29 is 4.92 Å². The van der Waals surface area contributed by atoms with Gasteiger partial charge in [0.15, 0.2) is 5.82 Å². The van der Waals surface area contributed by atoms with Crippen LogP contribution in [-0.4, -0.2) is 24.3 Å². The summed E-state index contributed by atoms with van der Waals surface area (Å²) in [5.74, 6) is 1.82. The molecule has 0 fully saturated rings. The van der Waals surface area contributed by atoms with Crippen LogP contribution in [0.25, 0.3) is 28.2 Å². The van der Waals surface area contributed by atoms with Gasteiger partial charge >= 0.3 is 0 Å². The number of hydrogen-bond donors (Lipinski definition) is 0. The van der Waals surface area contributed by atoms with Crippen LogP contribution in [0.5, 0.6) is 0 Å². The molecule has 112 valence electrons. The first-order valence-electron chi connectivity index (χ1n) is 7.00. The zero-order valence-corrected chi connectivity index (χ0v) is 12.2. The van der Waals surface area contributed by atoms with Crippen LogP contribution in [-0.2, 0) is 0 Å². The highest BCUT2D eigenvalue weighted by Crippen LogP contribution is 2.22. The van der Waals surface area contributed by atoms with E-state index in [1.807, 2.05) is 35.6 Å². The number of aryl methyl sites for hydroxylation is 1. The second-order valence-electron chi connectivity index (χ2n) is 5.13. The summed E-state index contributed by atoms with van der Waals surface area (Å²) < 4.78 is 1.89. The summed E-state index contributed by atoms with van der Waals surface area (Å²) >= 11 is 0. The number of benzene rings is 2. The van der Waals surface area contributed by atoms with E-state index in [0.29, 0.717) is 17.2 Å². The van der Waals surface area contributed by atoms with Crippen molar-refractivity contribution in [3.63, 3.8) is 0 Å². The SMILES string of the molecule is Cc1nc(-c2ccc([N+](=O)[O-])cc2)nc2nc3ccccc3n12. The van der Waals surface area contributed by atoms with Crippen LogP contribution in [0, 0.1) is 17.0 Å². The lowest BCUT2D eigenvalue weighted by atomic mass is 10.2. The molecule has 0 radical (unpaired) electrons. The van der Waals surface area contributed by atoms with E-state index in [1.54, 1.807) is 12.1 Å². The predicted octanol–water partition coefficient (Wildman–Crippen LogP) is 3.16. The topological polar surface area (TPSA) is 86.2 Å². The quantitative estimate of drug-likeness (QED) is 0.419. The van der Waals surface area contributed by atoms with Crippen molar-refractivity contribution in [2.75, 3.05) is 0 Å². The lowest BCUT2D eigenvalue weighted by Gasteiger charge is -2.04. The van der Waals surface area contributed by atoms with E-state index < -0.39 is 4.92 Å². The molecule has 0 atom stereocenters. The number of nitro groups is 1. The van der Waals surface area contributed by atoms with Crippen molar-refractivity contribution in [1.82, 2.24) is 19.4 Å². The van der Waals surface area contributed by atoms with Gasteiger partial charge in [-0.05, 0) is 31.2 Å². The average molecular weight is 305 g/mol. The maximum atomic E-state index is 10.7. The molecule has 7 heteroatoms. The van der Waals surface area contributed by atoms with Crippen molar-refractivity contribution in [3.8, 4) is 11.4 Å². The zero-order chi connectivity index (χ0) is 16.0. The fourth-order valence-electron chi connectivity index (χ4n) is 2.59. The van der Waals surface area contributed by atoms with Gasteiger partial charge in [0, 0.05) is 17.7 Å². The number of fused-ring (bicyclic) bond motifs is 3. The predicted molar refractivity (Wildman–Crippen MR) is 85.1 cm³/mol. The van der Waals surface area contributed by atoms with Crippen molar-refractivity contribution in [2.24, 2.45) is 0 Å². The summed E-state index contributed by atoms with van der Waals surface area (Å²) in [5, 5.41) is 10.7. The Morgan fingerprint density at radius 2 is 1.74 bits per heavy atom. The maximum Gasteiger partial charge on any atom is 0.269 e. The highest BCUT2D eigenvalue weighted by atomic mass is 16.6. The third-order valence-electron chi connectivity index (χ3n) is 3.68. The number of hydrogen-bond acceptors (Lipinski definition) is 5. The second kappa shape index (κ2) is 4.84. The van der Waals surface area contributed by atoms with Crippen LogP contribution in [0.4, 0.5) is 5.69 Å². The van der Waals surface area contributed by atoms with Crippen LogP contribution >= 0.6 is 0 Å². The largest absolute Gasteiger partial charge is 0.269 e. The minimum Gasteiger partial charge on any atom is -0.264 e. The molecule has 2 aromatic heterocycles. The zero-order valence-electron chi connectivity index (χ0n) is 12.2. The summed E-state index contributed by atoms with van der Waals surface area (Å²) in [6.07, 6.45) is 0. The van der Waals surface area contributed by atoms with Crippen LogP contribution in [0.3, 0.4) is 0 Å². The molecule has 7 nitrogen and oxygen atoms in total. The molecular weight excluding hydrogens is 294 g/mol. The number of para-hydroxylation sites is 2. The van der Waals surface area contributed by atoms with E-state index in [-0.39, 0.29) is 5.69 Å². The summed E-state index contributed by atoms with van der Waals surface area (Å²) in [4.78, 5) is 23.8. The molecule has 0 aliphatic carbocycles. The van der Waals surface area contributed by atoms with Gasteiger partial charge in [-0.3, -0.25) is 14.5 Å². The fourth-order valence-corrected chi connectivity index (χ4v) is 2.59. The van der Waals surface area contributed by atoms with Gasteiger partial charge in [0.2, 0.25) is 5.78 Å². The van der Waals surface area contributed by atoms with Crippen LogP contribution in [0.1, 0.15) is 5.82 Å². The van der Waals surface area contributed by atoms with Crippen LogP contribution < -0.4 is 0 Å². The van der Waals surface area contributed by atoms with Gasteiger partial charge in [-0.25, -0.2) is 9.97 Å². The maximum absolute atomic E-state index is 10.7. The molecule has 2 heterocycles. The molecule has 0 aliphatic rings. The molecule has 4 rings (SSSR count). The Balaban J connectivity index is 1.91. The smallest absolute Gasteiger partial charge is 0.264 e. The molecule has 0 saturated heterocycles. The first-order chi connectivity index (χ1) is 11.1. The minimum absolute atomic E-state index is 0.0399. The average Bonchev–Trinajstić information content (AvgIpc) is 2.93. The molecule has 4 aromatic rings. The first kappa shape index (κ1) is 13.3. The number of nitrogens with zero attached hydrogens (tertiary/aromatic N) is 5. The molecule has 0 spiro atoms. The minimum atomic E-state index is -0.430. The van der Waals surface area contributed by atoms with Gasteiger partial charge in [0.1, 0.15) is 5.82 Å². The van der Waals surface area contributed by atoms with E-state index in [0.717, 1.165) is 16.9 Å². The number of non-ortho nitro benzene ring substituents is 1. The molecule has 0 N–H and O–H groups in total. The van der Waals surface area contributed by atoms with Crippen molar-refractivity contribution in [3.05, 3.63) is 64.5 Å². The monoisotopic (exact) mass is 305 g/mol. The van der Waals surface area contributed by atoms with Crippen molar-refractivity contribution in [2.45, 2.75) is 6.92 Å². The van der Waals surface area contributed by atoms with Gasteiger partial charge < -0.3 is 0 Å². The van der Waals surface area contributed by atoms with Crippen LogP contribution in [0.2, 0.25) is 0 Å². The number of imidazole rings is 1. The van der Waals surface area contributed by atoms with Gasteiger partial charge in [-0.1, -0.05) is 12.1 Å². The lowest BCUT2D eigenvalue weighted by molar-refractivity contribution is -0.384. The summed E-state index contributed by atoms with van der Waals surface area (Å²) in [5.41, 5.74) is 2.56. The highest BCUT2D eigenvalue weighted by molar-refractivity contribution is 5.80. The third-order valence-corrected chi connectivity index (χ3v) is 3.68. The molecule has 0 saturated carbocycles. The second-order valence-corrected chi connectivity index (χ2v) is 5.13. The van der Waals surface area contributed by atoms with Gasteiger partial charge in [0.25, 0.3) is 5.69 Å². The standard InChI is InChI=1S/C16H11N5O2/c1-10-17-15(11-6-8-12(9-7-11)21(22)23)19-16-18-13-4-2-3-5-14(13)20(10)16/h2-9H,1H3. The summed E-state index contributed by atoms with van der Waals surface area (Å²) in [6.45, 7) is 1.89. The van der Waals surface area contributed by atoms with Gasteiger partial charge in [-0.15, -0.1) is 0 Å². The Bertz CT molecular complexity index is 1050.